The van der Waals surface area contributed by atoms with Crippen molar-refractivity contribution in [3.05, 3.63) is 38.8 Å². The Morgan fingerprint density at radius 3 is 2.96 bits per heavy atom. The number of nitrogens with one attached hydrogen (secondary N) is 1. The van der Waals surface area contributed by atoms with Gasteiger partial charge in [-0.1, -0.05) is 0 Å². The van der Waals surface area contributed by atoms with E-state index >= 15 is 0 Å². The van der Waals surface area contributed by atoms with Crippen molar-refractivity contribution in [3.63, 3.8) is 0 Å². The fourth-order valence-corrected chi connectivity index (χ4v) is 3.45. The van der Waals surface area contributed by atoms with Crippen LogP contribution in [0.25, 0.3) is 0 Å². The van der Waals surface area contributed by atoms with Crippen molar-refractivity contribution in [3.8, 4) is 0 Å². The summed E-state index contributed by atoms with van der Waals surface area (Å²) in [5.74, 6) is -0.228. The van der Waals surface area contributed by atoms with Crippen molar-refractivity contribution in [2.24, 2.45) is 0 Å². The van der Waals surface area contributed by atoms with Gasteiger partial charge in [-0.3, -0.25) is 9.48 Å². The highest BCUT2D eigenvalue weighted by molar-refractivity contribution is 7.12. The minimum atomic E-state index is -4.51. The van der Waals surface area contributed by atoms with E-state index in [1.54, 1.807) is 6.07 Å². The summed E-state index contributed by atoms with van der Waals surface area (Å²) in [5, 5.41) is 8.28. The minimum absolute atomic E-state index is 0.0784. The quantitative estimate of drug-likeness (QED) is 0.913. The van der Waals surface area contributed by atoms with E-state index in [9.17, 15) is 18.0 Å². The summed E-state index contributed by atoms with van der Waals surface area (Å²) >= 11 is 1.33. The Labute approximate surface area is 140 Å². The first-order valence-electron chi connectivity index (χ1n) is 7.43. The smallest absolute Gasteiger partial charge is 0.376 e. The third kappa shape index (κ3) is 3.46. The molecule has 1 amide bonds. The number of aryl methyl sites for hydroxylation is 1. The highest BCUT2D eigenvalue weighted by Crippen LogP contribution is 2.34. The zero-order chi connectivity index (χ0) is 17.3. The standard InChI is InChI=1S/C15H16F3N3O2S/c1-9-6-12(24-8-9)14(22)19-3-4-21-11-2-5-23-7-10(11)13(20-21)15(16,17)18/h6,8H,2-5,7H2,1H3,(H,19,22). The van der Waals surface area contributed by atoms with E-state index in [1.165, 1.54) is 16.0 Å². The van der Waals surface area contributed by atoms with Crippen LogP contribution >= 0.6 is 11.3 Å². The summed E-state index contributed by atoms with van der Waals surface area (Å²) in [6.07, 6.45) is -4.12. The maximum Gasteiger partial charge on any atom is 0.435 e. The van der Waals surface area contributed by atoms with E-state index in [2.05, 4.69) is 10.4 Å². The Morgan fingerprint density at radius 1 is 1.50 bits per heavy atom. The van der Waals surface area contributed by atoms with E-state index < -0.39 is 11.9 Å². The molecule has 0 bridgehead atoms. The molecule has 130 valence electrons. The molecule has 1 aliphatic rings. The molecule has 0 unspecified atom stereocenters. The van der Waals surface area contributed by atoms with E-state index in [4.69, 9.17) is 4.74 Å². The van der Waals surface area contributed by atoms with Gasteiger partial charge in [-0.15, -0.1) is 11.3 Å². The second-order valence-electron chi connectivity index (χ2n) is 5.54. The van der Waals surface area contributed by atoms with Crippen LogP contribution in [0.3, 0.4) is 0 Å². The average Bonchev–Trinajstić information content (AvgIpc) is 3.11. The van der Waals surface area contributed by atoms with Crippen LogP contribution in [0.1, 0.15) is 32.2 Å². The summed E-state index contributed by atoms with van der Waals surface area (Å²) < 4.78 is 45.7. The third-order valence-corrected chi connectivity index (χ3v) is 4.77. The van der Waals surface area contributed by atoms with Gasteiger partial charge in [0, 0.05) is 24.2 Å². The molecule has 0 saturated carbocycles. The van der Waals surface area contributed by atoms with Crippen LogP contribution in [0.2, 0.25) is 0 Å². The molecule has 24 heavy (non-hydrogen) atoms. The number of thiophene rings is 1. The monoisotopic (exact) mass is 359 g/mol. The lowest BCUT2D eigenvalue weighted by Crippen LogP contribution is -2.27. The Morgan fingerprint density at radius 2 is 2.29 bits per heavy atom. The van der Waals surface area contributed by atoms with Crippen LogP contribution in [0, 0.1) is 6.92 Å². The van der Waals surface area contributed by atoms with Gasteiger partial charge in [-0.2, -0.15) is 18.3 Å². The van der Waals surface area contributed by atoms with Crippen molar-refractivity contribution in [2.45, 2.75) is 32.7 Å². The number of carbonyl (C=O) groups is 1. The van der Waals surface area contributed by atoms with Crippen molar-refractivity contribution < 1.29 is 22.7 Å². The number of carbonyl (C=O) groups excluding carboxylic acids is 1. The van der Waals surface area contributed by atoms with Gasteiger partial charge in [0.05, 0.1) is 24.6 Å². The van der Waals surface area contributed by atoms with Gasteiger partial charge in [0.25, 0.3) is 5.91 Å². The fourth-order valence-electron chi connectivity index (χ4n) is 2.63. The molecule has 0 atom stereocenters. The van der Waals surface area contributed by atoms with Gasteiger partial charge < -0.3 is 10.1 Å². The van der Waals surface area contributed by atoms with Gasteiger partial charge in [0.1, 0.15) is 0 Å². The molecule has 0 fully saturated rings. The number of hydrogen-bond donors (Lipinski definition) is 1. The SMILES string of the molecule is Cc1csc(C(=O)NCCn2nc(C(F)(F)F)c3c2CCOC3)c1. The molecule has 1 aliphatic heterocycles. The molecule has 3 heterocycles. The van der Waals surface area contributed by atoms with Crippen LogP contribution in [-0.4, -0.2) is 28.8 Å². The predicted molar refractivity (Wildman–Crippen MR) is 82.0 cm³/mol. The Hall–Kier alpha value is -1.87. The third-order valence-electron chi connectivity index (χ3n) is 3.73. The number of alkyl halides is 3. The highest BCUT2D eigenvalue weighted by atomic mass is 32.1. The molecule has 1 N–H and O–H groups in total. The van der Waals surface area contributed by atoms with Crippen LogP contribution in [0.15, 0.2) is 11.4 Å². The molecule has 0 radical (unpaired) electrons. The number of hydrogen-bond acceptors (Lipinski definition) is 4. The van der Waals surface area contributed by atoms with Crippen molar-refractivity contribution >= 4 is 17.2 Å². The number of fused-ring (bicyclic) bond motifs is 1. The first-order valence-corrected chi connectivity index (χ1v) is 8.31. The van der Waals surface area contributed by atoms with Gasteiger partial charge in [-0.25, -0.2) is 0 Å². The van der Waals surface area contributed by atoms with Gasteiger partial charge >= 0.3 is 6.18 Å². The molecule has 0 spiro atoms. The first-order chi connectivity index (χ1) is 11.4. The summed E-state index contributed by atoms with van der Waals surface area (Å²) in [6, 6.07) is 1.77. The molecule has 0 aliphatic carbocycles. The maximum absolute atomic E-state index is 13.1. The van der Waals surface area contributed by atoms with Gasteiger partial charge in [0.15, 0.2) is 5.69 Å². The number of aromatic nitrogens is 2. The zero-order valence-electron chi connectivity index (χ0n) is 12.9. The number of nitrogens with zero attached hydrogens (tertiary/aromatic N) is 2. The second kappa shape index (κ2) is 6.56. The Bertz CT molecular complexity index is 752. The first kappa shape index (κ1) is 17.0. The van der Waals surface area contributed by atoms with Crippen LogP contribution in [-0.2, 0) is 30.5 Å². The Balaban J connectivity index is 1.69. The van der Waals surface area contributed by atoms with E-state index in [0.717, 1.165) is 5.56 Å². The number of amides is 1. The molecule has 2 aromatic rings. The Kier molecular flexibility index (Phi) is 4.64. The largest absolute Gasteiger partial charge is 0.435 e. The summed E-state index contributed by atoms with van der Waals surface area (Å²) in [7, 11) is 0. The average molecular weight is 359 g/mol. The van der Waals surface area contributed by atoms with Crippen molar-refractivity contribution in [1.29, 1.82) is 0 Å². The lowest BCUT2D eigenvalue weighted by Gasteiger charge is -2.15. The molecule has 0 aromatic carbocycles. The fraction of sp³-hybridized carbons (Fsp3) is 0.467. The number of halogens is 3. The summed E-state index contributed by atoms with van der Waals surface area (Å²) in [5.41, 5.74) is 0.752. The van der Waals surface area contributed by atoms with E-state index in [0.29, 0.717) is 23.6 Å². The van der Waals surface area contributed by atoms with E-state index in [1.807, 2.05) is 12.3 Å². The molecule has 0 saturated heterocycles. The van der Waals surface area contributed by atoms with Crippen molar-refractivity contribution in [1.82, 2.24) is 15.1 Å². The number of rotatable bonds is 4. The van der Waals surface area contributed by atoms with Gasteiger partial charge in [-0.05, 0) is 23.9 Å². The highest BCUT2D eigenvalue weighted by Gasteiger charge is 2.39. The van der Waals surface area contributed by atoms with Crippen LogP contribution in [0.5, 0.6) is 0 Å². The normalized spacial score (nSPS) is 14.5. The van der Waals surface area contributed by atoms with Crippen LogP contribution in [0.4, 0.5) is 13.2 Å². The van der Waals surface area contributed by atoms with Crippen molar-refractivity contribution in [2.75, 3.05) is 13.2 Å². The number of ether oxygens (including phenoxy) is 1. The van der Waals surface area contributed by atoms with Crippen LogP contribution < -0.4 is 5.32 Å². The maximum atomic E-state index is 13.1. The summed E-state index contributed by atoms with van der Waals surface area (Å²) in [6.45, 7) is 2.59. The second-order valence-corrected chi connectivity index (χ2v) is 6.45. The zero-order valence-corrected chi connectivity index (χ0v) is 13.8. The molecule has 3 rings (SSSR count). The molecular formula is C15H16F3N3O2S. The predicted octanol–water partition coefficient (Wildman–Crippen LogP) is 2.77. The topological polar surface area (TPSA) is 56.2 Å². The lowest BCUT2D eigenvalue weighted by atomic mass is 10.1. The van der Waals surface area contributed by atoms with E-state index in [-0.39, 0.29) is 31.2 Å². The molecule has 2 aromatic heterocycles. The summed E-state index contributed by atoms with van der Waals surface area (Å²) in [4.78, 5) is 12.6. The molecule has 5 nitrogen and oxygen atoms in total. The molecule has 9 heteroatoms. The molecular weight excluding hydrogens is 343 g/mol. The van der Waals surface area contributed by atoms with Gasteiger partial charge in [0.2, 0.25) is 0 Å². The lowest BCUT2D eigenvalue weighted by molar-refractivity contribution is -0.142. The minimum Gasteiger partial charge on any atom is -0.376 e.